The summed E-state index contributed by atoms with van der Waals surface area (Å²) in [7, 11) is 0. The Bertz CT molecular complexity index is 345. The minimum atomic E-state index is -0.659. The number of rotatable bonds is 3. The minimum Gasteiger partial charge on any atom is -0.481 e. The van der Waals surface area contributed by atoms with E-state index in [1.165, 1.54) is 18.4 Å². The average molecular weight is 218 g/mol. The monoisotopic (exact) mass is 218 g/mol. The molecule has 86 valence electrons. The van der Waals surface area contributed by atoms with Crippen molar-refractivity contribution >= 4 is 5.97 Å². The average Bonchev–Trinajstić information content (AvgIpc) is 2.30. The fraction of sp³-hybridized carbons (Fsp3) is 0.500. The van der Waals surface area contributed by atoms with Crippen LogP contribution in [-0.2, 0) is 4.79 Å². The summed E-state index contributed by atoms with van der Waals surface area (Å²) in [6.45, 7) is 0. The normalized spacial score (nSPS) is 25.2. The molecular weight excluding hydrogens is 200 g/mol. The Balaban J connectivity index is 2.13. The van der Waals surface area contributed by atoms with Crippen LogP contribution < -0.4 is 0 Å². The molecule has 2 atom stereocenters. The van der Waals surface area contributed by atoms with Gasteiger partial charge in [-0.1, -0.05) is 43.2 Å². The number of carboxylic acids is 1. The topological polar surface area (TPSA) is 37.3 Å². The number of carbonyl (C=O) groups is 1. The summed E-state index contributed by atoms with van der Waals surface area (Å²) in [5.41, 5.74) is 1.31. The van der Waals surface area contributed by atoms with Gasteiger partial charge in [0.15, 0.2) is 0 Å². The molecule has 1 aromatic rings. The first-order chi connectivity index (χ1) is 7.77. The third-order valence-electron chi connectivity index (χ3n) is 3.57. The number of aliphatic carboxylic acids is 1. The Morgan fingerprint density at radius 2 is 1.88 bits per heavy atom. The van der Waals surface area contributed by atoms with Crippen LogP contribution >= 0.6 is 0 Å². The first-order valence-electron chi connectivity index (χ1n) is 6.04. The molecule has 1 N–H and O–H groups in total. The van der Waals surface area contributed by atoms with Gasteiger partial charge in [-0.25, -0.2) is 0 Å². The van der Waals surface area contributed by atoms with Crippen LogP contribution in [0.2, 0.25) is 0 Å². The van der Waals surface area contributed by atoms with Crippen molar-refractivity contribution in [3.8, 4) is 0 Å². The van der Waals surface area contributed by atoms with E-state index in [9.17, 15) is 4.79 Å². The number of hydrogen-bond donors (Lipinski definition) is 1. The number of benzene rings is 1. The smallest absolute Gasteiger partial charge is 0.303 e. The molecule has 1 aromatic carbocycles. The molecule has 1 fully saturated rings. The predicted octanol–water partition coefficient (Wildman–Crippen LogP) is 3.44. The summed E-state index contributed by atoms with van der Waals surface area (Å²) in [5, 5.41) is 8.93. The minimum absolute atomic E-state index is 0.319. The SMILES string of the molecule is O=C(O)C[C@@H]1CCCC[C@H]1c1ccccc1. The van der Waals surface area contributed by atoms with Gasteiger partial charge in [0.25, 0.3) is 0 Å². The van der Waals surface area contributed by atoms with E-state index in [0.29, 0.717) is 18.3 Å². The third-order valence-corrected chi connectivity index (χ3v) is 3.57. The van der Waals surface area contributed by atoms with E-state index in [4.69, 9.17) is 5.11 Å². The van der Waals surface area contributed by atoms with Crippen molar-refractivity contribution in [1.82, 2.24) is 0 Å². The molecule has 2 nitrogen and oxygen atoms in total. The molecule has 1 aliphatic carbocycles. The molecular formula is C14H18O2. The Labute approximate surface area is 96.3 Å². The van der Waals surface area contributed by atoms with Gasteiger partial charge in [-0.2, -0.15) is 0 Å². The first-order valence-corrected chi connectivity index (χ1v) is 6.04. The van der Waals surface area contributed by atoms with Gasteiger partial charge >= 0.3 is 5.97 Å². The second-order valence-electron chi connectivity index (χ2n) is 4.66. The lowest BCUT2D eigenvalue weighted by Crippen LogP contribution is -2.20. The van der Waals surface area contributed by atoms with E-state index in [1.807, 2.05) is 18.2 Å². The van der Waals surface area contributed by atoms with Crippen molar-refractivity contribution in [2.75, 3.05) is 0 Å². The molecule has 2 heteroatoms. The summed E-state index contributed by atoms with van der Waals surface area (Å²) in [6, 6.07) is 10.4. The van der Waals surface area contributed by atoms with E-state index in [-0.39, 0.29) is 0 Å². The Morgan fingerprint density at radius 1 is 1.19 bits per heavy atom. The Hall–Kier alpha value is -1.31. The van der Waals surface area contributed by atoms with Gasteiger partial charge in [0.2, 0.25) is 0 Å². The lowest BCUT2D eigenvalue weighted by molar-refractivity contribution is -0.138. The lowest BCUT2D eigenvalue weighted by Gasteiger charge is -2.30. The van der Waals surface area contributed by atoms with Crippen molar-refractivity contribution in [3.63, 3.8) is 0 Å². The van der Waals surface area contributed by atoms with Gasteiger partial charge in [0.05, 0.1) is 0 Å². The van der Waals surface area contributed by atoms with Gasteiger partial charge < -0.3 is 5.11 Å². The molecule has 0 saturated heterocycles. The van der Waals surface area contributed by atoms with Gasteiger partial charge in [-0.15, -0.1) is 0 Å². The molecule has 1 saturated carbocycles. The fourth-order valence-corrected chi connectivity index (χ4v) is 2.82. The molecule has 0 aromatic heterocycles. The van der Waals surface area contributed by atoms with Crippen molar-refractivity contribution in [3.05, 3.63) is 35.9 Å². The maximum absolute atomic E-state index is 10.8. The number of carboxylic acid groups (broad SMARTS) is 1. The van der Waals surface area contributed by atoms with Crippen molar-refractivity contribution in [2.24, 2.45) is 5.92 Å². The summed E-state index contributed by atoms with van der Waals surface area (Å²) >= 11 is 0. The van der Waals surface area contributed by atoms with Gasteiger partial charge in [0.1, 0.15) is 0 Å². The highest BCUT2D eigenvalue weighted by Crippen LogP contribution is 2.39. The quantitative estimate of drug-likeness (QED) is 0.843. The van der Waals surface area contributed by atoms with E-state index in [2.05, 4.69) is 12.1 Å². The van der Waals surface area contributed by atoms with Crippen molar-refractivity contribution in [1.29, 1.82) is 0 Å². The largest absolute Gasteiger partial charge is 0.481 e. The number of hydrogen-bond acceptors (Lipinski definition) is 1. The molecule has 0 heterocycles. The third kappa shape index (κ3) is 2.63. The standard InChI is InChI=1S/C14H18O2/c15-14(16)10-12-8-4-5-9-13(12)11-6-2-1-3-7-11/h1-3,6-7,12-13H,4-5,8-10H2,(H,15,16)/t12-,13-/m0/s1. The molecule has 2 rings (SSSR count). The van der Waals surface area contributed by atoms with Crippen LogP contribution in [0.4, 0.5) is 0 Å². The second-order valence-corrected chi connectivity index (χ2v) is 4.66. The zero-order valence-corrected chi connectivity index (χ0v) is 9.43. The van der Waals surface area contributed by atoms with Crippen molar-refractivity contribution < 1.29 is 9.90 Å². The van der Waals surface area contributed by atoms with E-state index < -0.39 is 5.97 Å². The first kappa shape index (κ1) is 11.2. The molecule has 0 bridgehead atoms. The predicted molar refractivity (Wildman–Crippen MR) is 63.4 cm³/mol. The highest BCUT2D eigenvalue weighted by Gasteiger charge is 2.27. The molecule has 0 spiro atoms. The van der Waals surface area contributed by atoms with Crippen LogP contribution in [0.25, 0.3) is 0 Å². The summed E-state index contributed by atoms with van der Waals surface area (Å²) < 4.78 is 0. The summed E-state index contributed by atoms with van der Waals surface area (Å²) in [4.78, 5) is 10.8. The lowest BCUT2D eigenvalue weighted by atomic mass is 9.74. The van der Waals surface area contributed by atoms with Gasteiger partial charge in [-0.3, -0.25) is 4.79 Å². The highest BCUT2D eigenvalue weighted by molar-refractivity contribution is 5.67. The van der Waals surface area contributed by atoms with Crippen LogP contribution in [0, 0.1) is 5.92 Å². The maximum atomic E-state index is 10.8. The molecule has 16 heavy (non-hydrogen) atoms. The maximum Gasteiger partial charge on any atom is 0.303 e. The zero-order valence-electron chi connectivity index (χ0n) is 9.43. The van der Waals surface area contributed by atoms with Crippen molar-refractivity contribution in [2.45, 2.75) is 38.0 Å². The molecule has 1 aliphatic rings. The van der Waals surface area contributed by atoms with E-state index >= 15 is 0 Å². The highest BCUT2D eigenvalue weighted by atomic mass is 16.4. The zero-order chi connectivity index (χ0) is 11.4. The second kappa shape index (κ2) is 5.15. The molecule has 0 amide bonds. The van der Waals surface area contributed by atoms with E-state index in [0.717, 1.165) is 12.8 Å². The Morgan fingerprint density at radius 3 is 2.56 bits per heavy atom. The van der Waals surface area contributed by atoms with Gasteiger partial charge in [0, 0.05) is 6.42 Å². The molecule has 0 radical (unpaired) electrons. The fourth-order valence-electron chi connectivity index (χ4n) is 2.82. The van der Waals surface area contributed by atoms with Crippen LogP contribution in [0.1, 0.15) is 43.6 Å². The molecule has 0 unspecified atom stereocenters. The Kier molecular flexibility index (Phi) is 3.60. The van der Waals surface area contributed by atoms with E-state index in [1.54, 1.807) is 0 Å². The van der Waals surface area contributed by atoms with Crippen LogP contribution in [0.5, 0.6) is 0 Å². The molecule has 0 aliphatic heterocycles. The summed E-state index contributed by atoms with van der Waals surface area (Å²) in [5.74, 6) is 0.118. The van der Waals surface area contributed by atoms with Crippen LogP contribution in [0.15, 0.2) is 30.3 Å². The van der Waals surface area contributed by atoms with Crippen LogP contribution in [-0.4, -0.2) is 11.1 Å². The van der Waals surface area contributed by atoms with Gasteiger partial charge in [-0.05, 0) is 30.2 Å². The summed E-state index contributed by atoms with van der Waals surface area (Å²) in [6.07, 6.45) is 4.93. The van der Waals surface area contributed by atoms with Crippen LogP contribution in [0.3, 0.4) is 0 Å².